The van der Waals surface area contributed by atoms with E-state index in [1.807, 2.05) is 24.3 Å². The molecule has 0 radical (unpaired) electrons. The molecule has 7 heteroatoms. The molecule has 1 N–H and O–H groups in total. The number of methoxy groups -OCH3 is 1. The minimum absolute atomic E-state index is 0.00983. The minimum atomic E-state index is -0.435. The van der Waals surface area contributed by atoms with Gasteiger partial charge in [-0.2, -0.15) is 0 Å². The van der Waals surface area contributed by atoms with Gasteiger partial charge < -0.3 is 19.5 Å². The van der Waals surface area contributed by atoms with Gasteiger partial charge >= 0.3 is 0 Å². The van der Waals surface area contributed by atoms with E-state index in [0.29, 0.717) is 13.1 Å². The summed E-state index contributed by atoms with van der Waals surface area (Å²) in [6.45, 7) is 2.84. The van der Waals surface area contributed by atoms with Crippen molar-refractivity contribution in [2.24, 2.45) is 7.05 Å². The number of pyridine rings is 1. The van der Waals surface area contributed by atoms with Gasteiger partial charge in [-0.1, -0.05) is 12.1 Å². The smallest absolute Gasteiger partial charge is 0.263 e. The summed E-state index contributed by atoms with van der Waals surface area (Å²) in [6, 6.07) is 10.7. The van der Waals surface area contributed by atoms with E-state index in [9.17, 15) is 14.4 Å². The van der Waals surface area contributed by atoms with Gasteiger partial charge in [0.05, 0.1) is 13.2 Å². The molecule has 1 fully saturated rings. The molecule has 1 aromatic heterocycles. The van der Waals surface area contributed by atoms with Crippen molar-refractivity contribution in [3.05, 3.63) is 63.6 Å². The van der Waals surface area contributed by atoms with Crippen LogP contribution in [0.4, 0.5) is 0 Å². The van der Waals surface area contributed by atoms with E-state index in [1.165, 1.54) is 10.6 Å². The third kappa shape index (κ3) is 4.24. The van der Waals surface area contributed by atoms with Crippen LogP contribution in [-0.2, 0) is 18.3 Å². The summed E-state index contributed by atoms with van der Waals surface area (Å²) in [5.74, 6) is 0.372. The van der Waals surface area contributed by atoms with Gasteiger partial charge in [0.2, 0.25) is 5.91 Å². The monoisotopic (exact) mass is 383 g/mol. The van der Waals surface area contributed by atoms with Crippen molar-refractivity contribution in [2.75, 3.05) is 20.2 Å². The maximum atomic E-state index is 12.5. The molecular weight excluding hydrogens is 358 g/mol. The Labute approximate surface area is 163 Å². The lowest BCUT2D eigenvalue weighted by Crippen LogP contribution is -2.40. The van der Waals surface area contributed by atoms with Crippen molar-refractivity contribution in [1.29, 1.82) is 0 Å². The van der Waals surface area contributed by atoms with E-state index in [1.54, 1.807) is 32.0 Å². The van der Waals surface area contributed by atoms with E-state index in [4.69, 9.17) is 4.74 Å². The Morgan fingerprint density at radius 2 is 1.89 bits per heavy atom. The predicted molar refractivity (Wildman–Crippen MR) is 106 cm³/mol. The summed E-state index contributed by atoms with van der Waals surface area (Å²) in [5, 5.41) is 2.83. The molecular formula is C21H25N3O4. The largest absolute Gasteiger partial charge is 0.497 e. The van der Waals surface area contributed by atoms with Gasteiger partial charge in [-0.3, -0.25) is 14.4 Å². The Bertz CT molecular complexity index is 934. The van der Waals surface area contributed by atoms with Crippen molar-refractivity contribution < 1.29 is 14.3 Å². The van der Waals surface area contributed by atoms with Crippen LogP contribution in [0.2, 0.25) is 0 Å². The standard InChI is InChI=1S/C21H25N3O4/c1-14-4-9-18(21(27)23(14)2)20(26)22-16-12-19(25)24(13-16)11-10-15-5-7-17(28-3)8-6-15/h4-9,16H,10-13H2,1-3H3,(H,22,26)/t16-/m1/s1. The first-order valence-corrected chi connectivity index (χ1v) is 9.27. The second-order valence-electron chi connectivity index (χ2n) is 7.06. The molecule has 0 bridgehead atoms. The number of hydrogen-bond donors (Lipinski definition) is 1. The lowest BCUT2D eigenvalue weighted by Gasteiger charge is -2.17. The lowest BCUT2D eigenvalue weighted by atomic mass is 10.1. The molecule has 1 aliphatic heterocycles. The molecule has 0 saturated carbocycles. The summed E-state index contributed by atoms with van der Waals surface area (Å²) in [4.78, 5) is 38.8. The highest BCUT2D eigenvalue weighted by atomic mass is 16.5. The van der Waals surface area contributed by atoms with Crippen LogP contribution in [0.3, 0.4) is 0 Å². The van der Waals surface area contributed by atoms with Crippen molar-refractivity contribution in [2.45, 2.75) is 25.8 Å². The maximum Gasteiger partial charge on any atom is 0.263 e. The van der Waals surface area contributed by atoms with E-state index in [-0.39, 0.29) is 29.5 Å². The number of likely N-dealkylation sites (tertiary alicyclic amines) is 1. The Balaban J connectivity index is 1.57. The molecule has 0 unspecified atom stereocenters. The third-order valence-corrected chi connectivity index (χ3v) is 5.18. The number of carbonyl (C=O) groups is 2. The molecule has 0 spiro atoms. The van der Waals surface area contributed by atoms with Crippen molar-refractivity contribution in [3.8, 4) is 5.75 Å². The number of hydrogen-bond acceptors (Lipinski definition) is 4. The van der Waals surface area contributed by atoms with Crippen molar-refractivity contribution in [1.82, 2.24) is 14.8 Å². The Hall–Kier alpha value is -3.09. The van der Waals surface area contributed by atoms with Crippen molar-refractivity contribution in [3.63, 3.8) is 0 Å². The fourth-order valence-electron chi connectivity index (χ4n) is 3.31. The zero-order valence-electron chi connectivity index (χ0n) is 16.4. The van der Waals surface area contributed by atoms with E-state index in [2.05, 4.69) is 5.32 Å². The number of aryl methyl sites for hydroxylation is 1. The van der Waals surface area contributed by atoms with Crippen LogP contribution < -0.4 is 15.6 Å². The van der Waals surface area contributed by atoms with E-state index in [0.717, 1.165) is 23.4 Å². The van der Waals surface area contributed by atoms with Crippen LogP contribution in [0.15, 0.2) is 41.2 Å². The molecule has 148 valence electrons. The highest BCUT2D eigenvalue weighted by Gasteiger charge is 2.30. The Kier molecular flexibility index (Phi) is 5.82. The highest BCUT2D eigenvalue weighted by molar-refractivity contribution is 5.94. The number of ether oxygens (including phenoxy) is 1. The normalized spacial score (nSPS) is 16.3. The number of nitrogens with one attached hydrogen (secondary N) is 1. The first kappa shape index (κ1) is 19.7. The zero-order valence-corrected chi connectivity index (χ0v) is 16.4. The van der Waals surface area contributed by atoms with Gasteiger partial charge in [0.25, 0.3) is 11.5 Å². The minimum Gasteiger partial charge on any atom is -0.497 e. The number of amides is 2. The fraction of sp³-hybridized carbons (Fsp3) is 0.381. The summed E-state index contributed by atoms with van der Waals surface area (Å²) in [7, 11) is 3.26. The molecule has 2 amide bonds. The molecule has 7 nitrogen and oxygen atoms in total. The summed E-state index contributed by atoms with van der Waals surface area (Å²) in [6.07, 6.45) is 0.982. The number of carbonyl (C=O) groups excluding carboxylic acids is 2. The first-order valence-electron chi connectivity index (χ1n) is 9.27. The second kappa shape index (κ2) is 8.29. The molecule has 1 aromatic carbocycles. The SMILES string of the molecule is COc1ccc(CCN2C[C@H](NC(=O)c3ccc(C)n(C)c3=O)CC2=O)cc1. The second-order valence-corrected chi connectivity index (χ2v) is 7.06. The molecule has 28 heavy (non-hydrogen) atoms. The average Bonchev–Trinajstić information content (AvgIpc) is 3.03. The summed E-state index contributed by atoms with van der Waals surface area (Å²) < 4.78 is 6.59. The van der Waals surface area contributed by atoms with Crippen LogP contribution in [-0.4, -0.2) is 47.5 Å². The Morgan fingerprint density at radius 1 is 1.18 bits per heavy atom. The van der Waals surface area contributed by atoms with Gasteiger partial charge in [-0.05, 0) is 43.2 Å². The maximum absolute atomic E-state index is 12.5. The number of aromatic nitrogens is 1. The quantitative estimate of drug-likeness (QED) is 0.815. The predicted octanol–water partition coefficient (Wildman–Crippen LogP) is 1.28. The molecule has 2 aromatic rings. The fourth-order valence-corrected chi connectivity index (χ4v) is 3.31. The lowest BCUT2D eigenvalue weighted by molar-refractivity contribution is -0.127. The van der Waals surface area contributed by atoms with Crippen LogP contribution in [0, 0.1) is 6.92 Å². The highest BCUT2D eigenvalue weighted by Crippen LogP contribution is 2.15. The summed E-state index contributed by atoms with van der Waals surface area (Å²) >= 11 is 0. The number of rotatable bonds is 6. The van der Waals surface area contributed by atoms with Crippen LogP contribution in [0.25, 0.3) is 0 Å². The molecule has 0 aliphatic carbocycles. The van der Waals surface area contributed by atoms with E-state index >= 15 is 0 Å². The molecule has 1 saturated heterocycles. The average molecular weight is 383 g/mol. The van der Waals surface area contributed by atoms with Gasteiger partial charge in [0.15, 0.2) is 0 Å². The molecule has 2 heterocycles. The number of nitrogens with zero attached hydrogens (tertiary/aromatic N) is 2. The van der Waals surface area contributed by atoms with Crippen molar-refractivity contribution >= 4 is 11.8 Å². The van der Waals surface area contributed by atoms with Crippen LogP contribution in [0.5, 0.6) is 5.75 Å². The first-order chi connectivity index (χ1) is 13.4. The van der Waals surface area contributed by atoms with Gasteiger partial charge in [0.1, 0.15) is 11.3 Å². The molecule has 1 aliphatic rings. The summed E-state index contributed by atoms with van der Waals surface area (Å²) in [5.41, 5.74) is 1.65. The third-order valence-electron chi connectivity index (χ3n) is 5.18. The van der Waals surface area contributed by atoms with Gasteiger partial charge in [-0.25, -0.2) is 0 Å². The molecule has 1 atom stereocenters. The topological polar surface area (TPSA) is 80.6 Å². The van der Waals surface area contributed by atoms with Crippen LogP contribution >= 0.6 is 0 Å². The van der Waals surface area contributed by atoms with Gasteiger partial charge in [-0.15, -0.1) is 0 Å². The number of benzene rings is 1. The van der Waals surface area contributed by atoms with Gasteiger partial charge in [0, 0.05) is 32.3 Å². The zero-order chi connectivity index (χ0) is 20.3. The van der Waals surface area contributed by atoms with Crippen LogP contribution in [0.1, 0.15) is 28.0 Å². The Morgan fingerprint density at radius 3 is 2.57 bits per heavy atom. The molecule has 3 rings (SSSR count). The van der Waals surface area contributed by atoms with E-state index < -0.39 is 5.91 Å².